The van der Waals surface area contributed by atoms with Gasteiger partial charge in [0.25, 0.3) is 0 Å². The van der Waals surface area contributed by atoms with E-state index in [1.807, 2.05) is 24.3 Å². The number of methoxy groups -OCH3 is 2. The summed E-state index contributed by atoms with van der Waals surface area (Å²) in [5.41, 5.74) is 0.293. The van der Waals surface area contributed by atoms with Crippen molar-refractivity contribution in [3.8, 4) is 11.5 Å². The Morgan fingerprint density at radius 2 is 1.90 bits per heavy atom. The number of esters is 1. The predicted octanol–water partition coefficient (Wildman–Crippen LogP) is 5.99. The molecule has 1 aromatic carbocycles. The van der Waals surface area contributed by atoms with Gasteiger partial charge in [-0.2, -0.15) is 0 Å². The van der Waals surface area contributed by atoms with Crippen LogP contribution in [0.4, 0.5) is 0 Å². The smallest absolute Gasteiger partial charge is 0.313 e. The minimum Gasteiger partial charge on any atom is -0.497 e. The highest BCUT2D eigenvalue weighted by molar-refractivity contribution is 5.80. The van der Waals surface area contributed by atoms with Gasteiger partial charge in [0.2, 0.25) is 0 Å². The molecule has 4 heteroatoms. The molecule has 0 radical (unpaired) electrons. The summed E-state index contributed by atoms with van der Waals surface area (Å²) >= 11 is 0. The summed E-state index contributed by atoms with van der Waals surface area (Å²) in [6.07, 6.45) is 15.3. The Bertz CT molecular complexity index is 803. The second-order valence-electron chi connectivity index (χ2n) is 8.58. The lowest BCUT2D eigenvalue weighted by atomic mass is 9.54. The molecule has 2 aliphatic rings. The quantitative estimate of drug-likeness (QED) is 0.390. The highest BCUT2D eigenvalue weighted by Crippen LogP contribution is 2.58. The van der Waals surface area contributed by atoms with Gasteiger partial charge in [0, 0.05) is 17.5 Å². The van der Waals surface area contributed by atoms with Gasteiger partial charge in [0.05, 0.1) is 19.6 Å². The van der Waals surface area contributed by atoms with Gasteiger partial charge in [-0.15, -0.1) is 6.58 Å². The van der Waals surface area contributed by atoms with E-state index in [4.69, 9.17) is 14.2 Å². The van der Waals surface area contributed by atoms with E-state index >= 15 is 0 Å². The standard InChI is InChI=1S/C26H34O4/c1-5-13-26(24(27)30-17-6-2)19-25(14-8-7-9-15-25)16-12-22(26)21-11-10-20(28-3)18-23(21)29-4/h5-6,10-12,16,18,22H,1-2,7-9,13-15,17,19H2,3-4H3/t22-,26+/m1/s1. The van der Waals surface area contributed by atoms with Crippen LogP contribution in [-0.4, -0.2) is 26.8 Å². The number of carbonyl (C=O) groups is 1. The monoisotopic (exact) mass is 410 g/mol. The van der Waals surface area contributed by atoms with Crippen molar-refractivity contribution >= 4 is 5.97 Å². The molecule has 0 aromatic heterocycles. The summed E-state index contributed by atoms with van der Waals surface area (Å²) in [7, 11) is 3.29. The molecule has 1 saturated carbocycles. The summed E-state index contributed by atoms with van der Waals surface area (Å²) < 4.78 is 16.8. The Labute approximate surface area is 180 Å². The Kier molecular flexibility index (Phi) is 7.06. The normalized spacial score (nSPS) is 24.8. The summed E-state index contributed by atoms with van der Waals surface area (Å²) in [5.74, 6) is 1.09. The maximum absolute atomic E-state index is 13.6. The second kappa shape index (κ2) is 9.55. The first-order valence-electron chi connectivity index (χ1n) is 10.8. The van der Waals surface area contributed by atoms with Crippen LogP contribution >= 0.6 is 0 Å². The van der Waals surface area contributed by atoms with Crippen LogP contribution in [0.25, 0.3) is 0 Å². The van der Waals surface area contributed by atoms with Crippen molar-refractivity contribution in [1.29, 1.82) is 0 Å². The Hall–Kier alpha value is -2.49. The lowest BCUT2D eigenvalue weighted by Gasteiger charge is -2.49. The van der Waals surface area contributed by atoms with Crippen LogP contribution < -0.4 is 9.47 Å². The zero-order valence-electron chi connectivity index (χ0n) is 18.3. The minimum absolute atomic E-state index is 0.0463. The number of ether oxygens (including phenoxy) is 3. The maximum Gasteiger partial charge on any atom is 0.313 e. The molecule has 3 rings (SSSR count). The molecule has 0 N–H and O–H groups in total. The summed E-state index contributed by atoms with van der Waals surface area (Å²) in [6, 6.07) is 5.80. The first-order chi connectivity index (χ1) is 14.5. The molecule has 2 atom stereocenters. The van der Waals surface area contributed by atoms with Crippen molar-refractivity contribution in [1.82, 2.24) is 0 Å². The van der Waals surface area contributed by atoms with E-state index in [1.165, 1.54) is 19.3 Å². The molecule has 0 heterocycles. The third-order valence-corrected chi connectivity index (χ3v) is 6.78. The summed E-state index contributed by atoms with van der Waals surface area (Å²) in [4.78, 5) is 13.6. The Balaban J connectivity index is 2.13. The first kappa shape index (κ1) is 22.2. The Morgan fingerprint density at radius 1 is 1.13 bits per heavy atom. The molecule has 2 aliphatic carbocycles. The van der Waals surface area contributed by atoms with Crippen LogP contribution in [0.2, 0.25) is 0 Å². The average Bonchev–Trinajstić information content (AvgIpc) is 2.78. The Morgan fingerprint density at radius 3 is 2.53 bits per heavy atom. The lowest BCUT2D eigenvalue weighted by molar-refractivity contribution is -0.158. The molecule has 0 saturated heterocycles. The topological polar surface area (TPSA) is 44.8 Å². The van der Waals surface area contributed by atoms with E-state index in [2.05, 4.69) is 25.3 Å². The second-order valence-corrected chi connectivity index (χ2v) is 8.58. The first-order valence-corrected chi connectivity index (χ1v) is 10.8. The molecular formula is C26H34O4. The van der Waals surface area contributed by atoms with Gasteiger partial charge in [0.1, 0.15) is 18.1 Å². The average molecular weight is 411 g/mol. The molecule has 0 bridgehead atoms. The molecule has 0 aliphatic heterocycles. The third-order valence-electron chi connectivity index (χ3n) is 6.78. The van der Waals surface area contributed by atoms with E-state index in [-0.39, 0.29) is 23.9 Å². The van der Waals surface area contributed by atoms with E-state index in [1.54, 1.807) is 20.3 Å². The fourth-order valence-corrected chi connectivity index (χ4v) is 5.38. The van der Waals surface area contributed by atoms with Gasteiger partial charge < -0.3 is 14.2 Å². The zero-order chi connectivity index (χ0) is 21.6. The largest absolute Gasteiger partial charge is 0.497 e. The lowest BCUT2D eigenvalue weighted by Crippen LogP contribution is -2.45. The van der Waals surface area contributed by atoms with Crippen LogP contribution in [0.15, 0.2) is 55.7 Å². The van der Waals surface area contributed by atoms with Crippen LogP contribution in [-0.2, 0) is 9.53 Å². The van der Waals surface area contributed by atoms with Crippen LogP contribution in [0.3, 0.4) is 0 Å². The number of hydrogen-bond acceptors (Lipinski definition) is 4. The van der Waals surface area contributed by atoms with Gasteiger partial charge >= 0.3 is 5.97 Å². The number of allylic oxidation sites excluding steroid dienone is 3. The molecule has 0 unspecified atom stereocenters. The van der Waals surface area contributed by atoms with Crippen molar-refractivity contribution in [3.05, 3.63) is 61.2 Å². The molecule has 1 fully saturated rings. The molecule has 162 valence electrons. The predicted molar refractivity (Wildman–Crippen MR) is 120 cm³/mol. The van der Waals surface area contributed by atoms with Gasteiger partial charge in [-0.1, -0.05) is 56.2 Å². The SMILES string of the molecule is C=CCOC(=O)[C@@]1(CC=C)CC2(C=C[C@@H]1c1ccc(OC)cc1OC)CCCCC2. The third kappa shape index (κ3) is 4.19. The fourth-order valence-electron chi connectivity index (χ4n) is 5.38. The molecule has 1 aromatic rings. The van der Waals surface area contributed by atoms with Crippen molar-refractivity contribution in [2.24, 2.45) is 10.8 Å². The van der Waals surface area contributed by atoms with Crippen LogP contribution in [0.5, 0.6) is 11.5 Å². The number of benzene rings is 1. The van der Waals surface area contributed by atoms with Crippen molar-refractivity contribution in [2.45, 2.75) is 50.9 Å². The molecular weight excluding hydrogens is 376 g/mol. The molecule has 4 nitrogen and oxygen atoms in total. The van der Waals surface area contributed by atoms with Crippen molar-refractivity contribution in [3.63, 3.8) is 0 Å². The van der Waals surface area contributed by atoms with E-state index in [9.17, 15) is 4.79 Å². The van der Waals surface area contributed by atoms with Crippen LogP contribution in [0, 0.1) is 10.8 Å². The van der Waals surface area contributed by atoms with Crippen molar-refractivity contribution in [2.75, 3.05) is 20.8 Å². The van der Waals surface area contributed by atoms with Crippen LogP contribution in [0.1, 0.15) is 56.4 Å². The van der Waals surface area contributed by atoms with Gasteiger partial charge in [-0.25, -0.2) is 0 Å². The maximum atomic E-state index is 13.6. The molecule has 1 spiro atoms. The molecule has 0 amide bonds. The van der Waals surface area contributed by atoms with E-state index < -0.39 is 5.41 Å². The number of carbonyl (C=O) groups excluding carboxylic acids is 1. The summed E-state index contributed by atoms with van der Waals surface area (Å²) in [5, 5.41) is 0. The molecule has 30 heavy (non-hydrogen) atoms. The fraction of sp³-hybridized carbons (Fsp3) is 0.500. The van der Waals surface area contributed by atoms with Gasteiger partial charge in [0.15, 0.2) is 0 Å². The highest BCUT2D eigenvalue weighted by Gasteiger charge is 2.53. The van der Waals surface area contributed by atoms with E-state index in [0.29, 0.717) is 12.2 Å². The minimum atomic E-state index is -0.723. The van der Waals surface area contributed by atoms with Gasteiger partial charge in [-0.05, 0) is 37.2 Å². The zero-order valence-corrected chi connectivity index (χ0v) is 18.3. The van der Waals surface area contributed by atoms with E-state index in [0.717, 1.165) is 30.6 Å². The summed E-state index contributed by atoms with van der Waals surface area (Å²) in [6.45, 7) is 7.91. The highest BCUT2D eigenvalue weighted by atomic mass is 16.5. The number of hydrogen-bond donors (Lipinski definition) is 0. The van der Waals surface area contributed by atoms with Crippen molar-refractivity contribution < 1.29 is 19.0 Å². The van der Waals surface area contributed by atoms with Gasteiger partial charge in [-0.3, -0.25) is 4.79 Å². The number of rotatable bonds is 8.